The first kappa shape index (κ1) is 18.1. The van der Waals surface area contributed by atoms with E-state index in [2.05, 4.69) is 55.5 Å². The molecule has 0 unspecified atom stereocenters. The largest absolute Gasteiger partial charge is 0.508 e. The van der Waals surface area contributed by atoms with Gasteiger partial charge in [-0.15, -0.1) is 0 Å². The molecule has 1 aliphatic carbocycles. The zero-order valence-electron chi connectivity index (χ0n) is 15.1. The zero-order valence-corrected chi connectivity index (χ0v) is 17.2. The Kier molecular flexibility index (Phi) is 5.48. The zero-order chi connectivity index (χ0) is 17.3. The molecular weight excluding hydrogens is 411 g/mol. The molecule has 2 nitrogen and oxygen atoms in total. The van der Waals surface area contributed by atoms with Crippen LogP contribution in [0.1, 0.15) is 69.9 Å². The molecule has 0 saturated heterocycles. The van der Waals surface area contributed by atoms with E-state index in [-0.39, 0.29) is 5.60 Å². The van der Waals surface area contributed by atoms with Crippen molar-refractivity contribution in [1.29, 1.82) is 0 Å². The molecule has 0 bridgehead atoms. The normalized spacial score (nSPS) is 24.6. The predicted octanol–water partition coefficient (Wildman–Crippen LogP) is 6.15. The molecule has 1 heterocycles. The van der Waals surface area contributed by atoms with Gasteiger partial charge in [0.1, 0.15) is 17.1 Å². The van der Waals surface area contributed by atoms with Crippen LogP contribution >= 0.6 is 22.6 Å². The van der Waals surface area contributed by atoms with Crippen molar-refractivity contribution < 1.29 is 9.84 Å². The smallest absolute Gasteiger partial charge is 0.127 e. The molecule has 1 N–H and O–H groups in total. The van der Waals surface area contributed by atoms with Crippen molar-refractivity contribution in [1.82, 2.24) is 0 Å². The van der Waals surface area contributed by atoms with Crippen LogP contribution in [0.4, 0.5) is 0 Å². The standard InChI is InChI=1S/C21H29IO2/c1-14-8-9-17-16(11-14)20-18(23)12-15(7-5-4-6-10-22)13-19(20)24-21(17,2)3/h8,12-13,16-17,23H,4-7,9-11H2,1-3H3/t16-,17-/m1/s1. The number of aryl methyl sites for hydroxylation is 1. The summed E-state index contributed by atoms with van der Waals surface area (Å²) >= 11 is 2.43. The number of rotatable bonds is 5. The molecular formula is C21H29IO2. The molecule has 0 amide bonds. The van der Waals surface area contributed by atoms with Crippen LogP contribution in [0.25, 0.3) is 0 Å². The lowest BCUT2D eigenvalue weighted by Crippen LogP contribution is -2.45. The SMILES string of the molecule is CC1=CC[C@@H]2[C@@H](C1)c1c(O)cc(CCCCCI)cc1OC2(C)C. The van der Waals surface area contributed by atoms with Gasteiger partial charge in [-0.3, -0.25) is 0 Å². The van der Waals surface area contributed by atoms with Crippen LogP contribution < -0.4 is 4.74 Å². The summed E-state index contributed by atoms with van der Waals surface area (Å²) in [5.41, 5.74) is 3.50. The van der Waals surface area contributed by atoms with Crippen molar-refractivity contribution in [2.75, 3.05) is 4.43 Å². The summed E-state index contributed by atoms with van der Waals surface area (Å²) in [5, 5.41) is 10.7. The average molecular weight is 440 g/mol. The Balaban J connectivity index is 1.89. The Morgan fingerprint density at radius 3 is 2.79 bits per heavy atom. The Morgan fingerprint density at radius 2 is 2.04 bits per heavy atom. The van der Waals surface area contributed by atoms with Gasteiger partial charge in [0.2, 0.25) is 0 Å². The lowest BCUT2D eigenvalue weighted by molar-refractivity contribution is 0.00753. The van der Waals surface area contributed by atoms with Gasteiger partial charge in [0.25, 0.3) is 0 Å². The number of allylic oxidation sites excluding steroid dienone is 2. The molecule has 1 aliphatic heterocycles. The van der Waals surface area contributed by atoms with Crippen LogP contribution in [-0.2, 0) is 6.42 Å². The second-order valence-electron chi connectivity index (χ2n) is 7.94. The molecule has 0 saturated carbocycles. The van der Waals surface area contributed by atoms with E-state index >= 15 is 0 Å². The quantitative estimate of drug-likeness (QED) is 0.258. The van der Waals surface area contributed by atoms with Gasteiger partial charge in [0.05, 0.1) is 0 Å². The molecule has 3 rings (SSSR count). The molecule has 0 spiro atoms. The fraction of sp³-hybridized carbons (Fsp3) is 0.619. The predicted molar refractivity (Wildman–Crippen MR) is 108 cm³/mol. The van der Waals surface area contributed by atoms with E-state index in [0.29, 0.717) is 17.6 Å². The van der Waals surface area contributed by atoms with Gasteiger partial charge < -0.3 is 9.84 Å². The topological polar surface area (TPSA) is 29.5 Å². The molecule has 132 valence electrons. The van der Waals surface area contributed by atoms with Gasteiger partial charge >= 0.3 is 0 Å². The maximum Gasteiger partial charge on any atom is 0.127 e. The first-order chi connectivity index (χ1) is 11.4. The first-order valence-corrected chi connectivity index (χ1v) is 10.7. The summed E-state index contributed by atoms with van der Waals surface area (Å²) in [6, 6.07) is 4.17. The Hall–Kier alpha value is -0.710. The van der Waals surface area contributed by atoms with E-state index in [1.807, 2.05) is 6.07 Å². The number of hydrogen-bond acceptors (Lipinski definition) is 2. The van der Waals surface area contributed by atoms with E-state index in [9.17, 15) is 5.11 Å². The van der Waals surface area contributed by atoms with E-state index < -0.39 is 0 Å². The number of hydrogen-bond donors (Lipinski definition) is 1. The van der Waals surface area contributed by atoms with E-state index in [1.54, 1.807) is 0 Å². The average Bonchev–Trinajstić information content (AvgIpc) is 2.50. The molecule has 0 aromatic heterocycles. The Morgan fingerprint density at radius 1 is 1.25 bits per heavy atom. The molecule has 2 aliphatic rings. The van der Waals surface area contributed by atoms with Gasteiger partial charge in [-0.05, 0) is 75.0 Å². The van der Waals surface area contributed by atoms with Crippen molar-refractivity contribution in [3.05, 3.63) is 34.9 Å². The molecule has 1 aromatic rings. The highest BCUT2D eigenvalue weighted by molar-refractivity contribution is 14.1. The van der Waals surface area contributed by atoms with Crippen molar-refractivity contribution in [3.8, 4) is 11.5 Å². The highest BCUT2D eigenvalue weighted by Crippen LogP contribution is 2.54. The van der Waals surface area contributed by atoms with Crippen LogP contribution in [0.5, 0.6) is 11.5 Å². The summed E-state index contributed by atoms with van der Waals surface area (Å²) < 4.78 is 7.61. The van der Waals surface area contributed by atoms with Crippen molar-refractivity contribution in [2.24, 2.45) is 5.92 Å². The number of phenolic OH excluding ortho intramolecular Hbond substituents is 1. The third-order valence-electron chi connectivity index (χ3n) is 5.66. The lowest BCUT2D eigenvalue weighted by atomic mass is 9.67. The number of halogens is 1. The van der Waals surface area contributed by atoms with E-state index in [1.165, 1.54) is 34.8 Å². The molecule has 3 heteroatoms. The fourth-order valence-corrected chi connectivity index (χ4v) is 4.90. The van der Waals surface area contributed by atoms with Gasteiger partial charge in [0, 0.05) is 17.4 Å². The van der Waals surface area contributed by atoms with Gasteiger partial charge in [-0.1, -0.05) is 40.7 Å². The fourth-order valence-electron chi connectivity index (χ4n) is 4.36. The van der Waals surface area contributed by atoms with Crippen molar-refractivity contribution in [3.63, 3.8) is 0 Å². The first-order valence-electron chi connectivity index (χ1n) is 9.19. The highest BCUT2D eigenvalue weighted by atomic mass is 127. The van der Waals surface area contributed by atoms with E-state index in [4.69, 9.17) is 4.74 Å². The van der Waals surface area contributed by atoms with Crippen LogP contribution in [0.3, 0.4) is 0 Å². The van der Waals surface area contributed by atoms with Gasteiger partial charge in [-0.2, -0.15) is 0 Å². The van der Waals surface area contributed by atoms with E-state index in [0.717, 1.165) is 30.6 Å². The van der Waals surface area contributed by atoms with Gasteiger partial charge in [0.15, 0.2) is 0 Å². The highest BCUT2D eigenvalue weighted by Gasteiger charge is 2.45. The number of benzene rings is 1. The molecule has 0 radical (unpaired) electrons. The summed E-state index contributed by atoms with van der Waals surface area (Å²) in [6.07, 6.45) is 9.15. The van der Waals surface area contributed by atoms with Crippen molar-refractivity contribution >= 4 is 22.6 Å². The van der Waals surface area contributed by atoms with Crippen molar-refractivity contribution in [2.45, 2.75) is 70.8 Å². The minimum Gasteiger partial charge on any atom is -0.508 e. The maximum absolute atomic E-state index is 10.7. The summed E-state index contributed by atoms with van der Waals surface area (Å²) in [4.78, 5) is 0. The number of fused-ring (bicyclic) bond motifs is 3. The number of alkyl halides is 1. The monoisotopic (exact) mass is 440 g/mol. The molecule has 24 heavy (non-hydrogen) atoms. The maximum atomic E-state index is 10.7. The molecule has 2 atom stereocenters. The minimum atomic E-state index is -0.179. The third-order valence-corrected chi connectivity index (χ3v) is 6.43. The number of ether oxygens (including phenoxy) is 1. The number of unbranched alkanes of at least 4 members (excludes halogenated alkanes) is 2. The molecule has 1 aromatic carbocycles. The summed E-state index contributed by atoms with van der Waals surface area (Å²) in [6.45, 7) is 6.61. The number of aromatic hydroxyl groups is 1. The Bertz CT molecular complexity index is 633. The van der Waals surface area contributed by atoms with Gasteiger partial charge in [-0.25, -0.2) is 0 Å². The van der Waals surface area contributed by atoms with Crippen LogP contribution in [0, 0.1) is 5.92 Å². The Labute approximate surface area is 159 Å². The second kappa shape index (κ2) is 7.27. The van der Waals surface area contributed by atoms with Crippen LogP contribution in [-0.4, -0.2) is 15.1 Å². The van der Waals surface area contributed by atoms with Crippen LogP contribution in [0.2, 0.25) is 0 Å². The summed E-state index contributed by atoms with van der Waals surface area (Å²) in [5.74, 6) is 2.17. The second-order valence-corrected chi connectivity index (χ2v) is 9.01. The number of phenols is 1. The molecule has 0 fully saturated rings. The third kappa shape index (κ3) is 3.61. The minimum absolute atomic E-state index is 0.179. The lowest BCUT2D eigenvalue weighted by Gasteiger charge is -2.47. The summed E-state index contributed by atoms with van der Waals surface area (Å²) in [7, 11) is 0. The van der Waals surface area contributed by atoms with Crippen LogP contribution in [0.15, 0.2) is 23.8 Å².